The topological polar surface area (TPSA) is 85.1 Å². The highest BCUT2D eigenvalue weighted by molar-refractivity contribution is 7.18. The molecule has 0 fully saturated rings. The Morgan fingerprint density at radius 1 is 1.29 bits per heavy atom. The van der Waals surface area contributed by atoms with Crippen LogP contribution in [0.2, 0.25) is 4.34 Å². The predicted octanol–water partition coefficient (Wildman–Crippen LogP) is 2.60. The second-order valence-electron chi connectivity index (χ2n) is 4.85. The summed E-state index contributed by atoms with van der Waals surface area (Å²) in [6.45, 7) is 1.73. The smallest absolute Gasteiger partial charge is 0.263 e. The third-order valence-corrected chi connectivity index (χ3v) is 4.39. The summed E-state index contributed by atoms with van der Waals surface area (Å²) in [5, 5.41) is 16.0. The number of benzene rings is 1. The van der Waals surface area contributed by atoms with Gasteiger partial charge in [-0.1, -0.05) is 41.9 Å². The van der Waals surface area contributed by atoms with Crippen LogP contribution < -0.4 is 5.43 Å². The maximum atomic E-state index is 11.9. The van der Waals surface area contributed by atoms with Crippen molar-refractivity contribution in [2.75, 3.05) is 0 Å². The van der Waals surface area contributed by atoms with E-state index in [4.69, 9.17) is 11.6 Å². The van der Waals surface area contributed by atoms with E-state index in [0.717, 1.165) is 10.4 Å². The number of rotatable bonds is 5. The van der Waals surface area contributed by atoms with Gasteiger partial charge in [0.15, 0.2) is 0 Å². The van der Waals surface area contributed by atoms with Crippen molar-refractivity contribution >= 4 is 34.6 Å². The number of thiophene rings is 1. The van der Waals surface area contributed by atoms with Crippen molar-refractivity contribution in [3.63, 3.8) is 0 Å². The molecule has 0 radical (unpaired) electrons. The van der Waals surface area contributed by atoms with Crippen LogP contribution in [0.15, 0.2) is 47.6 Å². The zero-order valence-corrected chi connectivity index (χ0v) is 14.3. The number of hydrazone groups is 1. The van der Waals surface area contributed by atoms with Gasteiger partial charge in [-0.15, -0.1) is 21.5 Å². The summed E-state index contributed by atoms with van der Waals surface area (Å²) in [7, 11) is 0. The Morgan fingerprint density at radius 2 is 2.08 bits per heavy atom. The van der Waals surface area contributed by atoms with Crippen molar-refractivity contribution in [1.82, 2.24) is 25.6 Å². The number of aromatic nitrogens is 4. The molecule has 3 rings (SSSR count). The summed E-state index contributed by atoms with van der Waals surface area (Å²) in [4.78, 5) is 14.1. The van der Waals surface area contributed by atoms with Crippen LogP contribution in [0, 0.1) is 0 Å². The van der Waals surface area contributed by atoms with E-state index in [-0.39, 0.29) is 12.5 Å². The molecule has 0 aliphatic rings. The number of amides is 1. The number of nitrogens with zero attached hydrogens (tertiary/aromatic N) is 5. The van der Waals surface area contributed by atoms with Gasteiger partial charge in [0, 0.05) is 5.56 Å². The standard InChI is InChI=1S/C15H13ClN6OS/c1-10(12-7-8-13(16)24-12)17-18-14(23)9-22-20-15(19-21-22)11-5-3-2-4-6-11/h2-8H,9H2,1H3,(H,18,23)/b17-10+. The molecule has 0 aliphatic heterocycles. The fraction of sp³-hybridized carbons (Fsp3) is 0.133. The van der Waals surface area contributed by atoms with Crippen LogP contribution in [-0.4, -0.2) is 31.8 Å². The molecular weight excluding hydrogens is 348 g/mol. The number of hydrogen-bond donors (Lipinski definition) is 1. The van der Waals surface area contributed by atoms with Crippen molar-refractivity contribution in [2.45, 2.75) is 13.5 Å². The second-order valence-corrected chi connectivity index (χ2v) is 6.56. The van der Waals surface area contributed by atoms with Gasteiger partial charge in [0.25, 0.3) is 5.91 Å². The highest BCUT2D eigenvalue weighted by atomic mass is 35.5. The highest BCUT2D eigenvalue weighted by Gasteiger charge is 2.09. The molecule has 0 saturated heterocycles. The van der Waals surface area contributed by atoms with E-state index >= 15 is 0 Å². The summed E-state index contributed by atoms with van der Waals surface area (Å²) in [6.07, 6.45) is 0. The van der Waals surface area contributed by atoms with E-state index in [9.17, 15) is 4.79 Å². The Hall–Kier alpha value is -2.58. The fourth-order valence-corrected chi connectivity index (χ4v) is 2.87. The van der Waals surface area contributed by atoms with Crippen LogP contribution in [0.5, 0.6) is 0 Å². The predicted molar refractivity (Wildman–Crippen MR) is 92.9 cm³/mol. The van der Waals surface area contributed by atoms with E-state index in [1.807, 2.05) is 36.4 Å². The van der Waals surface area contributed by atoms with Gasteiger partial charge in [0.05, 0.1) is 14.9 Å². The quantitative estimate of drug-likeness (QED) is 0.559. The maximum Gasteiger partial charge on any atom is 0.263 e. The van der Waals surface area contributed by atoms with Crippen LogP contribution in [0.25, 0.3) is 11.4 Å². The zero-order valence-electron chi connectivity index (χ0n) is 12.7. The summed E-state index contributed by atoms with van der Waals surface area (Å²) in [6, 6.07) is 13.1. The van der Waals surface area contributed by atoms with Crippen LogP contribution >= 0.6 is 22.9 Å². The second kappa shape index (κ2) is 7.33. The largest absolute Gasteiger partial charge is 0.271 e. The molecule has 0 saturated carbocycles. The van der Waals surface area contributed by atoms with Gasteiger partial charge in [-0.25, -0.2) is 5.43 Å². The van der Waals surface area contributed by atoms with Gasteiger partial charge >= 0.3 is 0 Å². The van der Waals surface area contributed by atoms with Crippen molar-refractivity contribution in [1.29, 1.82) is 0 Å². The van der Waals surface area contributed by atoms with E-state index in [1.165, 1.54) is 16.1 Å². The number of nitrogens with one attached hydrogen (secondary N) is 1. The minimum absolute atomic E-state index is 0.0676. The van der Waals surface area contributed by atoms with Crippen LogP contribution in [-0.2, 0) is 11.3 Å². The lowest BCUT2D eigenvalue weighted by atomic mass is 10.2. The third kappa shape index (κ3) is 4.03. The van der Waals surface area contributed by atoms with E-state index < -0.39 is 0 Å². The molecule has 0 bridgehead atoms. The summed E-state index contributed by atoms with van der Waals surface area (Å²) >= 11 is 7.27. The summed E-state index contributed by atoms with van der Waals surface area (Å²) < 4.78 is 0.672. The average molecular weight is 361 g/mol. The third-order valence-electron chi connectivity index (χ3n) is 3.05. The molecule has 0 unspecified atom stereocenters. The summed E-state index contributed by atoms with van der Waals surface area (Å²) in [5.41, 5.74) is 3.99. The van der Waals surface area contributed by atoms with Crippen LogP contribution in [0.3, 0.4) is 0 Å². The van der Waals surface area contributed by atoms with Crippen molar-refractivity contribution in [3.8, 4) is 11.4 Å². The van der Waals surface area contributed by atoms with E-state index in [2.05, 4.69) is 25.9 Å². The fourth-order valence-electron chi connectivity index (χ4n) is 1.89. The number of hydrogen-bond acceptors (Lipinski definition) is 6. The molecule has 1 aromatic carbocycles. The molecule has 0 atom stereocenters. The summed E-state index contributed by atoms with van der Waals surface area (Å²) in [5.74, 6) is 0.130. The molecule has 3 aromatic rings. The first-order chi connectivity index (χ1) is 11.6. The number of carbonyl (C=O) groups excluding carboxylic acids is 1. The monoisotopic (exact) mass is 360 g/mol. The molecule has 2 heterocycles. The molecule has 1 N–H and O–H groups in total. The lowest BCUT2D eigenvalue weighted by Gasteiger charge is -2.00. The Balaban J connectivity index is 1.60. The zero-order chi connectivity index (χ0) is 16.9. The molecule has 1 amide bonds. The first kappa shape index (κ1) is 16.3. The molecule has 7 nitrogen and oxygen atoms in total. The Kier molecular flexibility index (Phi) is 4.97. The lowest BCUT2D eigenvalue weighted by molar-refractivity contribution is -0.122. The van der Waals surface area contributed by atoms with Gasteiger partial charge in [0.2, 0.25) is 5.82 Å². The molecule has 24 heavy (non-hydrogen) atoms. The van der Waals surface area contributed by atoms with Gasteiger partial charge in [-0.3, -0.25) is 4.79 Å². The number of carbonyl (C=O) groups is 1. The highest BCUT2D eigenvalue weighted by Crippen LogP contribution is 2.21. The Bertz CT molecular complexity index is 873. The molecular formula is C15H13ClN6OS. The molecule has 2 aromatic heterocycles. The lowest BCUT2D eigenvalue weighted by Crippen LogP contribution is -2.25. The normalized spacial score (nSPS) is 11.5. The number of halogens is 1. The van der Waals surface area contributed by atoms with Crippen molar-refractivity contribution in [3.05, 3.63) is 51.7 Å². The molecule has 0 aliphatic carbocycles. The van der Waals surface area contributed by atoms with Crippen molar-refractivity contribution in [2.24, 2.45) is 5.10 Å². The van der Waals surface area contributed by atoms with Gasteiger partial charge in [-0.2, -0.15) is 9.90 Å². The average Bonchev–Trinajstić information content (AvgIpc) is 3.23. The minimum Gasteiger partial charge on any atom is -0.271 e. The first-order valence-electron chi connectivity index (χ1n) is 7.04. The first-order valence-corrected chi connectivity index (χ1v) is 8.23. The Morgan fingerprint density at radius 3 is 2.79 bits per heavy atom. The molecule has 0 spiro atoms. The molecule has 122 valence electrons. The Labute approximate surface area is 147 Å². The SMILES string of the molecule is C/C(=N\NC(=O)Cn1nnc(-c2ccccc2)n1)c1ccc(Cl)s1. The molecule has 9 heteroatoms. The number of tetrazole rings is 1. The van der Waals surface area contributed by atoms with Crippen molar-refractivity contribution < 1.29 is 4.79 Å². The minimum atomic E-state index is -0.339. The van der Waals surface area contributed by atoms with Crippen LogP contribution in [0.1, 0.15) is 11.8 Å². The van der Waals surface area contributed by atoms with Gasteiger partial charge < -0.3 is 0 Å². The van der Waals surface area contributed by atoms with E-state index in [0.29, 0.717) is 15.9 Å². The maximum absolute atomic E-state index is 11.9. The van der Waals surface area contributed by atoms with Gasteiger partial charge in [-0.05, 0) is 24.3 Å². The van der Waals surface area contributed by atoms with E-state index in [1.54, 1.807) is 13.0 Å². The van der Waals surface area contributed by atoms with Gasteiger partial charge in [0.1, 0.15) is 6.54 Å². The van der Waals surface area contributed by atoms with Crippen LogP contribution in [0.4, 0.5) is 0 Å².